The Kier molecular flexibility index (Phi) is 5.50. The second kappa shape index (κ2) is 8.26. The molecule has 2 N–H and O–H groups in total. The van der Waals surface area contributed by atoms with Crippen molar-refractivity contribution in [3.8, 4) is 0 Å². The van der Waals surface area contributed by atoms with E-state index in [1.54, 1.807) is 24.7 Å². The second-order valence-corrected chi connectivity index (χ2v) is 8.15. The van der Waals surface area contributed by atoms with Crippen LogP contribution in [0.4, 0.5) is 11.4 Å². The number of benzene rings is 2. The van der Waals surface area contributed by atoms with Gasteiger partial charge in [0.1, 0.15) is 6.04 Å². The molecule has 3 aromatic rings. The van der Waals surface area contributed by atoms with Crippen molar-refractivity contribution in [1.29, 1.82) is 0 Å². The number of rotatable bonds is 5. The fourth-order valence-electron chi connectivity index (χ4n) is 3.99. The highest BCUT2D eigenvalue weighted by Gasteiger charge is 2.27. The lowest BCUT2D eigenvalue weighted by Gasteiger charge is -2.33. The summed E-state index contributed by atoms with van der Waals surface area (Å²) in [5.41, 5.74) is 5.41. The number of aromatic nitrogens is 2. The van der Waals surface area contributed by atoms with E-state index >= 15 is 0 Å². The van der Waals surface area contributed by atoms with Crippen LogP contribution in [-0.2, 0) is 11.3 Å². The van der Waals surface area contributed by atoms with Crippen LogP contribution in [0.15, 0.2) is 55.1 Å². The number of amides is 2. The van der Waals surface area contributed by atoms with E-state index in [0.29, 0.717) is 17.8 Å². The van der Waals surface area contributed by atoms with Gasteiger partial charge in [0.15, 0.2) is 0 Å². The van der Waals surface area contributed by atoms with Crippen LogP contribution in [0.3, 0.4) is 0 Å². The van der Waals surface area contributed by atoms with Crippen molar-refractivity contribution in [2.75, 3.05) is 17.3 Å². The first-order valence-corrected chi connectivity index (χ1v) is 10.3. The fourth-order valence-corrected chi connectivity index (χ4v) is 3.99. The van der Waals surface area contributed by atoms with Crippen LogP contribution in [0.1, 0.15) is 40.0 Å². The van der Waals surface area contributed by atoms with E-state index in [1.165, 1.54) is 5.56 Å². The molecule has 2 unspecified atom stereocenters. The number of anilines is 2. The maximum atomic E-state index is 13.2. The lowest BCUT2D eigenvalue weighted by Crippen LogP contribution is -2.44. The molecule has 1 aliphatic rings. The summed E-state index contributed by atoms with van der Waals surface area (Å²) in [6.07, 6.45) is 5.35. The van der Waals surface area contributed by atoms with Crippen molar-refractivity contribution in [2.24, 2.45) is 0 Å². The predicted molar refractivity (Wildman–Crippen MR) is 121 cm³/mol. The molecular formula is C24H27N5O2. The van der Waals surface area contributed by atoms with Gasteiger partial charge in [0.25, 0.3) is 5.91 Å². The quantitative estimate of drug-likeness (QED) is 0.667. The second-order valence-electron chi connectivity index (χ2n) is 8.15. The van der Waals surface area contributed by atoms with Gasteiger partial charge in [-0.15, -0.1) is 0 Å². The molecule has 160 valence electrons. The minimum atomic E-state index is -0.253. The maximum Gasteiger partial charge on any atom is 0.251 e. The standard InChI is InChI=1S/C24H27N5O2/c1-15-5-7-19(16(2)11-15)21(13-29-10-9-25-14-29)27-24(31)18-6-8-22-20(12-18)26-23(30)17(3)28(22)4/h5-12,14,17,21H,13H2,1-4H3,(H,26,30)(H,27,31). The monoisotopic (exact) mass is 417 g/mol. The summed E-state index contributed by atoms with van der Waals surface area (Å²) < 4.78 is 1.95. The highest BCUT2D eigenvalue weighted by molar-refractivity contribution is 6.05. The van der Waals surface area contributed by atoms with E-state index in [4.69, 9.17) is 0 Å². The molecule has 0 aliphatic carbocycles. The van der Waals surface area contributed by atoms with E-state index < -0.39 is 0 Å². The van der Waals surface area contributed by atoms with Gasteiger partial charge in [0.05, 0.1) is 23.7 Å². The maximum absolute atomic E-state index is 13.2. The zero-order valence-electron chi connectivity index (χ0n) is 18.2. The molecule has 2 heterocycles. The van der Waals surface area contributed by atoms with E-state index in [0.717, 1.165) is 16.8 Å². The summed E-state index contributed by atoms with van der Waals surface area (Å²) in [5.74, 6) is -0.274. The predicted octanol–water partition coefficient (Wildman–Crippen LogP) is 3.45. The van der Waals surface area contributed by atoms with Crippen LogP contribution in [0.5, 0.6) is 0 Å². The smallest absolute Gasteiger partial charge is 0.251 e. The van der Waals surface area contributed by atoms with Crippen molar-refractivity contribution in [1.82, 2.24) is 14.9 Å². The number of nitrogens with zero attached hydrogens (tertiary/aromatic N) is 3. The number of hydrogen-bond donors (Lipinski definition) is 2. The first-order chi connectivity index (χ1) is 14.8. The molecule has 7 nitrogen and oxygen atoms in total. The van der Waals surface area contributed by atoms with Gasteiger partial charge >= 0.3 is 0 Å². The molecule has 0 spiro atoms. The lowest BCUT2D eigenvalue weighted by molar-refractivity contribution is -0.117. The summed E-state index contributed by atoms with van der Waals surface area (Å²) >= 11 is 0. The molecule has 4 rings (SSSR count). The van der Waals surface area contributed by atoms with Gasteiger partial charge in [-0.3, -0.25) is 9.59 Å². The van der Waals surface area contributed by atoms with Crippen molar-refractivity contribution < 1.29 is 9.59 Å². The Bertz CT molecular complexity index is 1120. The number of likely N-dealkylation sites (N-methyl/N-ethyl adjacent to an activating group) is 1. The highest BCUT2D eigenvalue weighted by Crippen LogP contribution is 2.32. The Morgan fingerprint density at radius 2 is 2.03 bits per heavy atom. The van der Waals surface area contributed by atoms with Gasteiger partial charge in [-0.1, -0.05) is 23.8 Å². The Morgan fingerprint density at radius 3 is 2.74 bits per heavy atom. The third-order valence-electron chi connectivity index (χ3n) is 5.92. The Labute approximate surface area is 182 Å². The van der Waals surface area contributed by atoms with Gasteiger partial charge in [-0.05, 0) is 50.1 Å². The van der Waals surface area contributed by atoms with Crippen molar-refractivity contribution in [3.63, 3.8) is 0 Å². The van der Waals surface area contributed by atoms with Crippen LogP contribution < -0.4 is 15.5 Å². The Morgan fingerprint density at radius 1 is 1.23 bits per heavy atom. The Balaban J connectivity index is 1.62. The number of hydrogen-bond acceptors (Lipinski definition) is 4. The normalized spacial score (nSPS) is 16.5. The molecule has 2 aromatic carbocycles. The Hall–Kier alpha value is -3.61. The highest BCUT2D eigenvalue weighted by atomic mass is 16.2. The van der Waals surface area contributed by atoms with Gasteiger partial charge in [0, 0.05) is 31.5 Å². The van der Waals surface area contributed by atoms with Gasteiger partial charge < -0.3 is 20.1 Å². The fraction of sp³-hybridized carbons (Fsp3) is 0.292. The molecule has 0 radical (unpaired) electrons. The van der Waals surface area contributed by atoms with Crippen LogP contribution in [0, 0.1) is 13.8 Å². The van der Waals surface area contributed by atoms with E-state index in [-0.39, 0.29) is 23.9 Å². The molecule has 0 saturated heterocycles. The van der Waals surface area contributed by atoms with Crippen LogP contribution in [0.2, 0.25) is 0 Å². The van der Waals surface area contributed by atoms with Crippen molar-refractivity contribution in [2.45, 2.75) is 39.4 Å². The van der Waals surface area contributed by atoms with Gasteiger partial charge in [0.2, 0.25) is 5.91 Å². The van der Waals surface area contributed by atoms with Crippen LogP contribution in [-0.4, -0.2) is 34.5 Å². The largest absolute Gasteiger partial charge is 0.361 e. The third kappa shape index (κ3) is 4.17. The van der Waals surface area contributed by atoms with E-state index in [9.17, 15) is 9.59 Å². The zero-order valence-corrected chi connectivity index (χ0v) is 18.2. The molecule has 1 aliphatic heterocycles. The van der Waals surface area contributed by atoms with Crippen LogP contribution >= 0.6 is 0 Å². The number of imidazole rings is 1. The van der Waals surface area contributed by atoms with Gasteiger partial charge in [-0.2, -0.15) is 0 Å². The summed E-state index contributed by atoms with van der Waals surface area (Å²) in [7, 11) is 1.88. The average molecular weight is 418 g/mol. The lowest BCUT2D eigenvalue weighted by atomic mass is 9.98. The molecule has 31 heavy (non-hydrogen) atoms. The van der Waals surface area contributed by atoms with E-state index in [1.807, 2.05) is 35.7 Å². The number of aryl methyl sites for hydroxylation is 2. The zero-order chi connectivity index (χ0) is 22.1. The summed E-state index contributed by atoms with van der Waals surface area (Å²) in [5, 5.41) is 6.07. The van der Waals surface area contributed by atoms with Crippen molar-refractivity contribution in [3.05, 3.63) is 77.4 Å². The summed E-state index contributed by atoms with van der Waals surface area (Å²) in [6, 6.07) is 11.2. The molecule has 0 saturated carbocycles. The SMILES string of the molecule is Cc1ccc(C(Cn2ccnc2)NC(=O)c2ccc3c(c2)NC(=O)C(C)N3C)c(C)c1. The number of nitrogens with one attached hydrogen (secondary N) is 2. The number of carbonyl (C=O) groups is 2. The van der Waals surface area contributed by atoms with Crippen molar-refractivity contribution >= 4 is 23.2 Å². The third-order valence-corrected chi connectivity index (χ3v) is 5.92. The minimum Gasteiger partial charge on any atom is -0.361 e. The van der Waals surface area contributed by atoms with E-state index in [2.05, 4.69) is 47.7 Å². The molecule has 0 bridgehead atoms. The first kappa shape index (κ1) is 20.7. The molecule has 2 amide bonds. The molecular weight excluding hydrogens is 390 g/mol. The average Bonchev–Trinajstić information content (AvgIpc) is 3.24. The van der Waals surface area contributed by atoms with Crippen LogP contribution in [0.25, 0.3) is 0 Å². The molecule has 7 heteroatoms. The molecule has 2 atom stereocenters. The number of carbonyl (C=O) groups excluding carboxylic acids is 2. The summed E-state index contributed by atoms with van der Waals surface area (Å²) in [6.45, 7) is 6.53. The molecule has 1 aromatic heterocycles. The molecule has 0 fully saturated rings. The number of fused-ring (bicyclic) bond motifs is 1. The topological polar surface area (TPSA) is 79.3 Å². The summed E-state index contributed by atoms with van der Waals surface area (Å²) in [4.78, 5) is 31.4. The first-order valence-electron chi connectivity index (χ1n) is 10.3. The minimum absolute atomic E-state index is 0.0826. The van der Waals surface area contributed by atoms with Gasteiger partial charge in [-0.25, -0.2) is 4.98 Å².